The number of hydrogen-bond donors (Lipinski definition) is 1. The van der Waals surface area contributed by atoms with Gasteiger partial charge in [-0.25, -0.2) is 0 Å². The molecule has 17 heavy (non-hydrogen) atoms. The maximum absolute atomic E-state index is 11.7. The Bertz CT molecular complexity index is 404. The molecule has 2 amide bonds. The molecule has 7 nitrogen and oxygen atoms in total. The van der Waals surface area contributed by atoms with E-state index in [4.69, 9.17) is 0 Å². The molecule has 2 rings (SSSR count). The number of likely N-dealkylation sites (N-methyl/N-ethyl adjacent to an activating group) is 1. The van der Waals surface area contributed by atoms with E-state index in [0.717, 1.165) is 0 Å². The number of amides is 2. The van der Waals surface area contributed by atoms with Gasteiger partial charge in [-0.05, 0) is 6.92 Å². The summed E-state index contributed by atoms with van der Waals surface area (Å²) in [6.07, 6.45) is 2.07. The van der Waals surface area contributed by atoms with E-state index >= 15 is 0 Å². The summed E-state index contributed by atoms with van der Waals surface area (Å²) in [5, 5.41) is 6.69. The summed E-state index contributed by atoms with van der Waals surface area (Å²) in [4.78, 5) is 28.3. The zero-order chi connectivity index (χ0) is 12.3. The molecule has 1 aromatic heterocycles. The molecule has 0 spiro atoms. The van der Waals surface area contributed by atoms with Gasteiger partial charge in [0.1, 0.15) is 0 Å². The van der Waals surface area contributed by atoms with Crippen molar-refractivity contribution in [2.75, 3.05) is 13.1 Å². The van der Waals surface area contributed by atoms with Crippen LogP contribution in [0.4, 0.5) is 0 Å². The van der Waals surface area contributed by atoms with Crippen LogP contribution in [0.5, 0.6) is 0 Å². The van der Waals surface area contributed by atoms with Crippen molar-refractivity contribution in [3.05, 3.63) is 12.2 Å². The number of rotatable bonds is 5. The first-order valence-electron chi connectivity index (χ1n) is 5.55. The SMILES string of the molecule is CCN1C(=O)CC(NCCc2ncon2)C1=O. The van der Waals surface area contributed by atoms with Gasteiger partial charge in [-0.2, -0.15) is 4.98 Å². The van der Waals surface area contributed by atoms with Gasteiger partial charge in [-0.15, -0.1) is 0 Å². The Kier molecular flexibility index (Phi) is 3.48. The quantitative estimate of drug-likeness (QED) is 0.686. The second-order valence-electron chi connectivity index (χ2n) is 3.78. The van der Waals surface area contributed by atoms with Crippen molar-refractivity contribution >= 4 is 11.8 Å². The van der Waals surface area contributed by atoms with Crippen LogP contribution in [0, 0.1) is 0 Å². The molecule has 1 aliphatic heterocycles. The van der Waals surface area contributed by atoms with E-state index in [1.807, 2.05) is 0 Å². The topological polar surface area (TPSA) is 88.3 Å². The second kappa shape index (κ2) is 5.05. The maximum atomic E-state index is 11.7. The Balaban J connectivity index is 1.80. The van der Waals surface area contributed by atoms with E-state index in [-0.39, 0.29) is 18.2 Å². The highest BCUT2D eigenvalue weighted by atomic mass is 16.5. The van der Waals surface area contributed by atoms with Gasteiger partial charge in [0.15, 0.2) is 5.82 Å². The van der Waals surface area contributed by atoms with Gasteiger partial charge in [-0.3, -0.25) is 14.5 Å². The van der Waals surface area contributed by atoms with Crippen LogP contribution in [0.15, 0.2) is 10.9 Å². The molecule has 7 heteroatoms. The summed E-state index contributed by atoms with van der Waals surface area (Å²) < 4.78 is 4.59. The summed E-state index contributed by atoms with van der Waals surface area (Å²) in [6.45, 7) is 2.76. The number of nitrogens with one attached hydrogen (secondary N) is 1. The third kappa shape index (κ3) is 2.50. The number of imide groups is 1. The van der Waals surface area contributed by atoms with Gasteiger partial charge in [0, 0.05) is 19.5 Å². The van der Waals surface area contributed by atoms with E-state index in [1.165, 1.54) is 11.3 Å². The molecular weight excluding hydrogens is 224 g/mol. The third-order valence-corrected chi connectivity index (χ3v) is 2.71. The smallest absolute Gasteiger partial charge is 0.246 e. The van der Waals surface area contributed by atoms with Crippen molar-refractivity contribution in [2.24, 2.45) is 0 Å². The minimum absolute atomic E-state index is 0.116. The molecule has 0 aromatic carbocycles. The van der Waals surface area contributed by atoms with Crippen LogP contribution in [-0.4, -0.2) is 46.0 Å². The Morgan fingerprint density at radius 3 is 3.00 bits per heavy atom. The highest BCUT2D eigenvalue weighted by Gasteiger charge is 2.36. The van der Waals surface area contributed by atoms with Gasteiger partial charge in [0.2, 0.25) is 18.2 Å². The van der Waals surface area contributed by atoms with Crippen LogP contribution in [-0.2, 0) is 16.0 Å². The van der Waals surface area contributed by atoms with Crippen molar-refractivity contribution in [1.82, 2.24) is 20.4 Å². The first-order chi connectivity index (χ1) is 8.22. The molecule has 1 N–H and O–H groups in total. The van der Waals surface area contributed by atoms with Crippen LogP contribution >= 0.6 is 0 Å². The van der Waals surface area contributed by atoms with E-state index in [0.29, 0.717) is 25.3 Å². The molecule has 92 valence electrons. The summed E-state index contributed by atoms with van der Waals surface area (Å²) in [5.74, 6) is 0.321. The first kappa shape index (κ1) is 11.7. The van der Waals surface area contributed by atoms with Crippen LogP contribution < -0.4 is 5.32 Å². The lowest BCUT2D eigenvalue weighted by Gasteiger charge is -2.12. The van der Waals surface area contributed by atoms with Crippen molar-refractivity contribution in [1.29, 1.82) is 0 Å². The standard InChI is InChI=1S/C10H14N4O3/c1-2-14-9(15)5-7(10(14)16)11-4-3-8-12-6-17-13-8/h6-7,11H,2-5H2,1H3. The number of nitrogens with zero attached hydrogens (tertiary/aromatic N) is 3. The number of aromatic nitrogens is 2. The van der Waals surface area contributed by atoms with Crippen LogP contribution in [0.3, 0.4) is 0 Å². The number of hydrogen-bond acceptors (Lipinski definition) is 6. The van der Waals surface area contributed by atoms with E-state index in [1.54, 1.807) is 6.92 Å². The fraction of sp³-hybridized carbons (Fsp3) is 0.600. The zero-order valence-electron chi connectivity index (χ0n) is 9.55. The van der Waals surface area contributed by atoms with Gasteiger partial charge in [-0.1, -0.05) is 5.16 Å². The van der Waals surface area contributed by atoms with Crippen LogP contribution in [0.25, 0.3) is 0 Å². The molecule has 1 saturated heterocycles. The minimum atomic E-state index is -0.408. The maximum Gasteiger partial charge on any atom is 0.246 e. The largest absolute Gasteiger partial charge is 0.343 e. The summed E-state index contributed by atoms with van der Waals surface area (Å²) >= 11 is 0. The zero-order valence-corrected chi connectivity index (χ0v) is 9.55. The lowest BCUT2D eigenvalue weighted by Crippen LogP contribution is -2.39. The van der Waals surface area contributed by atoms with E-state index in [9.17, 15) is 9.59 Å². The summed E-state index contributed by atoms with van der Waals surface area (Å²) in [6, 6.07) is -0.408. The van der Waals surface area contributed by atoms with Gasteiger partial charge < -0.3 is 9.84 Å². The Hall–Kier alpha value is -1.76. The molecule has 0 aliphatic carbocycles. The highest BCUT2D eigenvalue weighted by Crippen LogP contribution is 2.12. The molecule has 0 saturated carbocycles. The Morgan fingerprint density at radius 2 is 2.41 bits per heavy atom. The van der Waals surface area contributed by atoms with Gasteiger partial charge >= 0.3 is 0 Å². The van der Waals surface area contributed by atoms with Crippen molar-refractivity contribution in [3.63, 3.8) is 0 Å². The highest BCUT2D eigenvalue weighted by molar-refractivity contribution is 6.05. The van der Waals surface area contributed by atoms with Gasteiger partial charge in [0.25, 0.3) is 0 Å². The van der Waals surface area contributed by atoms with E-state index < -0.39 is 6.04 Å². The fourth-order valence-corrected chi connectivity index (χ4v) is 1.84. The third-order valence-electron chi connectivity index (χ3n) is 2.71. The minimum Gasteiger partial charge on any atom is -0.343 e. The number of carbonyl (C=O) groups excluding carboxylic acids is 2. The fourth-order valence-electron chi connectivity index (χ4n) is 1.84. The van der Waals surface area contributed by atoms with Crippen molar-refractivity contribution in [3.8, 4) is 0 Å². The molecule has 1 atom stereocenters. The molecule has 2 heterocycles. The predicted molar refractivity (Wildman–Crippen MR) is 56.8 cm³/mol. The van der Waals surface area contributed by atoms with Crippen molar-refractivity contribution < 1.29 is 14.1 Å². The van der Waals surface area contributed by atoms with E-state index in [2.05, 4.69) is 20.0 Å². The average molecular weight is 238 g/mol. The van der Waals surface area contributed by atoms with Crippen LogP contribution in [0.1, 0.15) is 19.2 Å². The molecule has 0 bridgehead atoms. The predicted octanol–water partition coefficient (Wildman–Crippen LogP) is -0.651. The Labute approximate surface area is 98.2 Å². The monoisotopic (exact) mass is 238 g/mol. The lowest BCUT2D eigenvalue weighted by atomic mass is 10.2. The molecule has 1 unspecified atom stereocenters. The molecule has 1 fully saturated rings. The normalized spacial score (nSPS) is 20.3. The molecule has 1 aromatic rings. The number of likely N-dealkylation sites (tertiary alicyclic amines) is 1. The average Bonchev–Trinajstić information content (AvgIpc) is 2.89. The molecule has 1 aliphatic rings. The summed E-state index contributed by atoms with van der Waals surface area (Å²) in [5.41, 5.74) is 0. The lowest BCUT2D eigenvalue weighted by molar-refractivity contribution is -0.138. The molecular formula is C10H14N4O3. The van der Waals surface area contributed by atoms with Crippen LogP contribution in [0.2, 0.25) is 0 Å². The second-order valence-corrected chi connectivity index (χ2v) is 3.78. The Morgan fingerprint density at radius 1 is 1.59 bits per heavy atom. The van der Waals surface area contributed by atoms with Crippen molar-refractivity contribution in [2.45, 2.75) is 25.8 Å². The first-order valence-corrected chi connectivity index (χ1v) is 5.55. The number of carbonyl (C=O) groups is 2. The van der Waals surface area contributed by atoms with Gasteiger partial charge in [0.05, 0.1) is 12.5 Å². The summed E-state index contributed by atoms with van der Waals surface area (Å²) in [7, 11) is 0. The molecule has 0 radical (unpaired) electrons.